The number of H-pyrrole nitrogens is 1. The third-order valence-corrected chi connectivity index (χ3v) is 4.19. The van der Waals surface area contributed by atoms with Crippen LogP contribution in [0.3, 0.4) is 0 Å². The van der Waals surface area contributed by atoms with Gasteiger partial charge in [-0.05, 0) is 38.8 Å². The van der Waals surface area contributed by atoms with Gasteiger partial charge in [-0.3, -0.25) is 14.7 Å². The topological polar surface area (TPSA) is 95.4 Å². The summed E-state index contributed by atoms with van der Waals surface area (Å²) in [7, 11) is 0. The van der Waals surface area contributed by atoms with E-state index in [1.54, 1.807) is 12.1 Å². The maximum Gasteiger partial charge on any atom is 0.326 e. The number of nitrogens with zero attached hydrogens (tertiary/aromatic N) is 2. The number of aromatic nitrogens is 2. The number of hydrogen-bond acceptors (Lipinski definition) is 3. The predicted octanol–water partition coefficient (Wildman–Crippen LogP) is 1.55. The van der Waals surface area contributed by atoms with Crippen LogP contribution in [0.25, 0.3) is 5.69 Å². The van der Waals surface area contributed by atoms with Crippen LogP contribution in [-0.4, -0.2) is 43.7 Å². The Hall–Kier alpha value is -2.83. The van der Waals surface area contributed by atoms with Gasteiger partial charge in [-0.15, -0.1) is 0 Å². The highest BCUT2D eigenvalue weighted by Gasteiger charge is 2.39. The van der Waals surface area contributed by atoms with E-state index < -0.39 is 17.9 Å². The minimum Gasteiger partial charge on any atom is -0.480 e. The second kappa shape index (κ2) is 5.99. The van der Waals surface area contributed by atoms with Crippen molar-refractivity contribution in [3.8, 4) is 5.69 Å². The Bertz CT molecular complexity index is 830. The number of aromatic amines is 1. The molecule has 3 rings (SSSR count). The third kappa shape index (κ3) is 2.97. The van der Waals surface area contributed by atoms with E-state index >= 15 is 0 Å². The first-order chi connectivity index (χ1) is 11.4. The van der Waals surface area contributed by atoms with Gasteiger partial charge in [-0.2, -0.15) is 0 Å². The molecule has 24 heavy (non-hydrogen) atoms. The van der Waals surface area contributed by atoms with Crippen molar-refractivity contribution >= 4 is 11.9 Å². The molecule has 1 amide bonds. The van der Waals surface area contributed by atoms with Crippen LogP contribution in [0.1, 0.15) is 35.8 Å². The predicted molar refractivity (Wildman–Crippen MR) is 87.4 cm³/mol. The van der Waals surface area contributed by atoms with E-state index in [9.17, 15) is 19.5 Å². The summed E-state index contributed by atoms with van der Waals surface area (Å²) in [4.78, 5) is 37.5. The lowest BCUT2D eigenvalue weighted by atomic mass is 10.2. The van der Waals surface area contributed by atoms with E-state index in [2.05, 4.69) is 5.10 Å². The van der Waals surface area contributed by atoms with E-state index in [0.29, 0.717) is 5.69 Å². The summed E-state index contributed by atoms with van der Waals surface area (Å²) in [5.41, 5.74) is 1.42. The van der Waals surface area contributed by atoms with Crippen molar-refractivity contribution in [2.45, 2.75) is 38.8 Å². The van der Waals surface area contributed by atoms with Gasteiger partial charge in [-0.25, -0.2) is 9.48 Å². The summed E-state index contributed by atoms with van der Waals surface area (Å²) in [5, 5.41) is 12.0. The van der Waals surface area contributed by atoms with Crippen molar-refractivity contribution in [1.82, 2.24) is 14.7 Å². The number of benzene rings is 1. The minimum absolute atomic E-state index is 0.0742. The number of carbonyl (C=O) groups excluding carboxylic acids is 1. The lowest BCUT2D eigenvalue weighted by molar-refractivity contribution is -0.141. The lowest BCUT2D eigenvalue weighted by Crippen LogP contribution is -2.44. The summed E-state index contributed by atoms with van der Waals surface area (Å²) in [5.74, 6) is -1.52. The summed E-state index contributed by atoms with van der Waals surface area (Å²) in [6.45, 7) is 3.42. The highest BCUT2D eigenvalue weighted by atomic mass is 16.4. The van der Waals surface area contributed by atoms with Gasteiger partial charge in [0.15, 0.2) is 0 Å². The van der Waals surface area contributed by atoms with Gasteiger partial charge in [0.2, 0.25) is 0 Å². The second-order valence-corrected chi connectivity index (χ2v) is 6.14. The van der Waals surface area contributed by atoms with Crippen LogP contribution in [-0.2, 0) is 4.79 Å². The van der Waals surface area contributed by atoms with Crippen molar-refractivity contribution in [3.05, 3.63) is 51.9 Å². The molecule has 1 aromatic carbocycles. The molecular weight excluding hydrogens is 310 g/mol. The first kappa shape index (κ1) is 16.0. The minimum atomic E-state index is -1.06. The Morgan fingerprint density at radius 1 is 1.29 bits per heavy atom. The van der Waals surface area contributed by atoms with Gasteiger partial charge in [-0.1, -0.05) is 17.7 Å². The molecule has 7 heteroatoms. The summed E-state index contributed by atoms with van der Waals surface area (Å²) < 4.78 is 1.28. The second-order valence-electron chi connectivity index (χ2n) is 6.14. The van der Waals surface area contributed by atoms with E-state index in [1.165, 1.54) is 22.6 Å². The van der Waals surface area contributed by atoms with Crippen LogP contribution in [0.5, 0.6) is 0 Å². The fraction of sp³-hybridized carbons (Fsp3) is 0.353. The SMILES string of the molecule is Cc1ccc(-n2[nH]c(C(=O)N(C3CC3)C(C)C(=O)O)cc2=O)cc1. The summed E-state index contributed by atoms with van der Waals surface area (Å²) >= 11 is 0. The van der Waals surface area contributed by atoms with Gasteiger partial charge < -0.3 is 10.0 Å². The molecule has 1 saturated carbocycles. The number of aryl methyl sites for hydroxylation is 1. The van der Waals surface area contributed by atoms with Crippen LogP contribution < -0.4 is 5.56 Å². The number of carboxylic acid groups (broad SMARTS) is 1. The Kier molecular flexibility index (Phi) is 4.01. The number of hydrogen-bond donors (Lipinski definition) is 2. The number of amides is 1. The molecule has 126 valence electrons. The van der Waals surface area contributed by atoms with Crippen LogP contribution in [0.4, 0.5) is 0 Å². The zero-order valence-electron chi connectivity index (χ0n) is 13.5. The maximum atomic E-state index is 12.7. The normalized spacial score (nSPS) is 15.1. The number of aliphatic carboxylic acids is 1. The van der Waals surface area contributed by atoms with E-state index in [4.69, 9.17) is 0 Å². The molecule has 1 atom stereocenters. The van der Waals surface area contributed by atoms with E-state index in [-0.39, 0.29) is 17.3 Å². The van der Waals surface area contributed by atoms with Crippen molar-refractivity contribution < 1.29 is 14.7 Å². The molecule has 0 saturated heterocycles. The Morgan fingerprint density at radius 3 is 2.46 bits per heavy atom. The summed E-state index contributed by atoms with van der Waals surface area (Å²) in [6.07, 6.45) is 1.57. The molecule has 2 aromatic rings. The quantitative estimate of drug-likeness (QED) is 0.870. The zero-order valence-corrected chi connectivity index (χ0v) is 13.5. The molecule has 0 spiro atoms. The molecule has 1 heterocycles. The molecule has 7 nitrogen and oxygen atoms in total. The lowest BCUT2D eigenvalue weighted by Gasteiger charge is -2.25. The Balaban J connectivity index is 1.93. The third-order valence-electron chi connectivity index (χ3n) is 4.19. The highest BCUT2D eigenvalue weighted by Crippen LogP contribution is 2.30. The van der Waals surface area contributed by atoms with Gasteiger partial charge in [0, 0.05) is 12.1 Å². The molecule has 0 bridgehead atoms. The van der Waals surface area contributed by atoms with Gasteiger partial charge in [0.25, 0.3) is 11.5 Å². The van der Waals surface area contributed by atoms with Crippen molar-refractivity contribution in [1.29, 1.82) is 0 Å². The van der Waals surface area contributed by atoms with Crippen molar-refractivity contribution in [3.63, 3.8) is 0 Å². The highest BCUT2D eigenvalue weighted by molar-refractivity contribution is 5.95. The fourth-order valence-electron chi connectivity index (χ4n) is 2.66. The van der Waals surface area contributed by atoms with Gasteiger partial charge in [0.1, 0.15) is 11.7 Å². The van der Waals surface area contributed by atoms with Crippen LogP contribution >= 0.6 is 0 Å². The van der Waals surface area contributed by atoms with Crippen LogP contribution in [0, 0.1) is 6.92 Å². The molecule has 0 radical (unpaired) electrons. The van der Waals surface area contributed by atoms with Gasteiger partial charge in [0.05, 0.1) is 5.69 Å². The number of nitrogens with one attached hydrogen (secondary N) is 1. The monoisotopic (exact) mass is 329 g/mol. The fourth-order valence-corrected chi connectivity index (χ4v) is 2.66. The van der Waals surface area contributed by atoms with E-state index in [1.807, 2.05) is 19.1 Å². The van der Waals surface area contributed by atoms with Crippen LogP contribution in [0.15, 0.2) is 35.1 Å². The standard InChI is InChI=1S/C17H19N3O4/c1-10-3-5-13(6-4-10)20-15(21)9-14(18-20)16(22)19(12-7-8-12)11(2)17(23)24/h3-6,9,11-12,18H,7-8H2,1-2H3,(H,23,24). The van der Waals surface area contributed by atoms with Crippen LogP contribution in [0.2, 0.25) is 0 Å². The molecule has 1 aliphatic carbocycles. The number of rotatable bonds is 5. The number of carbonyl (C=O) groups is 2. The van der Waals surface area contributed by atoms with Crippen molar-refractivity contribution in [2.24, 2.45) is 0 Å². The van der Waals surface area contributed by atoms with E-state index in [0.717, 1.165) is 18.4 Å². The molecule has 1 unspecified atom stereocenters. The average Bonchev–Trinajstić information content (AvgIpc) is 3.29. The van der Waals surface area contributed by atoms with Gasteiger partial charge >= 0.3 is 5.97 Å². The largest absolute Gasteiger partial charge is 0.480 e. The molecular formula is C17H19N3O4. The Labute approximate surface area is 138 Å². The average molecular weight is 329 g/mol. The molecule has 1 aromatic heterocycles. The molecule has 1 fully saturated rings. The van der Waals surface area contributed by atoms with Crippen molar-refractivity contribution in [2.75, 3.05) is 0 Å². The molecule has 2 N–H and O–H groups in total. The first-order valence-corrected chi connectivity index (χ1v) is 7.83. The summed E-state index contributed by atoms with van der Waals surface area (Å²) in [6, 6.07) is 7.50. The molecule has 1 aliphatic rings. The number of carboxylic acids is 1. The zero-order chi connectivity index (χ0) is 17.4. The maximum absolute atomic E-state index is 12.7. The smallest absolute Gasteiger partial charge is 0.326 e. The molecule has 0 aliphatic heterocycles. The Morgan fingerprint density at radius 2 is 1.92 bits per heavy atom. The first-order valence-electron chi connectivity index (χ1n) is 7.83.